The molecule has 0 N–H and O–H groups in total. The van der Waals surface area contributed by atoms with Gasteiger partial charge in [-0.3, -0.25) is 0 Å². The van der Waals surface area contributed by atoms with Crippen molar-refractivity contribution < 1.29 is 0 Å². The first-order valence-corrected chi connectivity index (χ1v) is 6.07. The minimum absolute atomic E-state index is 0.771. The number of hydrogen-bond acceptors (Lipinski definition) is 3. The molecule has 9 heavy (non-hydrogen) atoms. The van der Waals surface area contributed by atoms with Crippen LogP contribution in [0.3, 0.4) is 0 Å². The molecule has 0 rings (SSSR count). The molecule has 0 aromatic rings. The van der Waals surface area contributed by atoms with Crippen LogP contribution < -0.4 is 0 Å². The molecule has 0 aromatic heterocycles. The van der Waals surface area contributed by atoms with Gasteiger partial charge in [-0.1, -0.05) is 6.92 Å². The van der Waals surface area contributed by atoms with Crippen LogP contribution in [0.1, 0.15) is 13.3 Å². The molecule has 0 aromatic carbocycles. The van der Waals surface area contributed by atoms with Gasteiger partial charge >= 0.3 is 0 Å². The van der Waals surface area contributed by atoms with Crippen LogP contribution in [0.5, 0.6) is 0 Å². The Kier molecular flexibility index (Phi) is 8.00. The first kappa shape index (κ1) is 10.0. The van der Waals surface area contributed by atoms with E-state index in [-0.39, 0.29) is 0 Å². The third-order valence-corrected chi connectivity index (χ3v) is 3.93. The minimum atomic E-state index is 0.771. The van der Waals surface area contributed by atoms with Crippen molar-refractivity contribution in [3.63, 3.8) is 0 Å². The third-order valence-electron chi connectivity index (χ3n) is 0.980. The van der Waals surface area contributed by atoms with Crippen molar-refractivity contribution in [2.45, 2.75) is 17.9 Å². The number of thiol groups is 1. The Hall–Kier alpha value is 1.05. The molecule has 56 valence electrons. The highest BCUT2D eigenvalue weighted by atomic mass is 32.2. The lowest BCUT2D eigenvalue weighted by atomic mass is 10.6. The molecule has 0 saturated carbocycles. The van der Waals surface area contributed by atoms with E-state index in [2.05, 4.69) is 25.8 Å². The maximum absolute atomic E-state index is 4.18. The van der Waals surface area contributed by atoms with E-state index < -0.39 is 0 Å². The summed E-state index contributed by atoms with van der Waals surface area (Å²) in [6.45, 7) is 2.20. The Morgan fingerprint density at radius 3 is 2.56 bits per heavy atom. The van der Waals surface area contributed by atoms with Gasteiger partial charge in [0.25, 0.3) is 0 Å². The van der Waals surface area contributed by atoms with Crippen molar-refractivity contribution in [2.75, 3.05) is 17.8 Å². The van der Waals surface area contributed by atoms with Crippen LogP contribution in [-0.4, -0.2) is 22.3 Å². The van der Waals surface area contributed by atoms with E-state index in [1.165, 1.54) is 12.2 Å². The second-order valence-corrected chi connectivity index (χ2v) is 4.90. The van der Waals surface area contributed by atoms with E-state index in [1.54, 1.807) is 0 Å². The van der Waals surface area contributed by atoms with Gasteiger partial charge in [-0.25, -0.2) is 0 Å². The minimum Gasteiger partial charge on any atom is -0.179 e. The van der Waals surface area contributed by atoms with Crippen LogP contribution >= 0.6 is 36.2 Å². The molecule has 0 nitrogen and oxygen atoms in total. The van der Waals surface area contributed by atoms with Crippen LogP contribution in [0.25, 0.3) is 0 Å². The normalized spacial score (nSPS) is 13.7. The maximum atomic E-state index is 4.18. The molecule has 1 unspecified atom stereocenters. The fourth-order valence-electron chi connectivity index (χ4n) is 0.561. The maximum Gasteiger partial charge on any atom is 0.0507 e. The second kappa shape index (κ2) is 7.16. The monoisotopic (exact) mass is 182 g/mol. The van der Waals surface area contributed by atoms with Gasteiger partial charge in [0.15, 0.2) is 0 Å². The van der Waals surface area contributed by atoms with Gasteiger partial charge in [0.2, 0.25) is 0 Å². The highest BCUT2D eigenvalue weighted by molar-refractivity contribution is 8.16. The van der Waals surface area contributed by atoms with Gasteiger partial charge in [-0.2, -0.15) is 24.4 Å². The molecular weight excluding hydrogens is 168 g/mol. The lowest BCUT2D eigenvalue weighted by molar-refractivity contribution is 1.08. The largest absolute Gasteiger partial charge is 0.179 e. The zero-order valence-electron chi connectivity index (χ0n) is 5.96. The van der Waals surface area contributed by atoms with Crippen molar-refractivity contribution in [1.29, 1.82) is 0 Å². The van der Waals surface area contributed by atoms with E-state index in [0.717, 1.165) is 10.3 Å². The van der Waals surface area contributed by atoms with Gasteiger partial charge < -0.3 is 0 Å². The van der Waals surface area contributed by atoms with E-state index in [4.69, 9.17) is 0 Å². The summed E-state index contributed by atoms with van der Waals surface area (Å²) in [5.74, 6) is 2.23. The van der Waals surface area contributed by atoms with Crippen LogP contribution in [0, 0.1) is 0 Å². The standard InChI is InChI=1S/C6H14S3/c1-3-9-6(8-2)4-5-7/h6-7H,3-5H2,1-2H3. The topological polar surface area (TPSA) is 0 Å². The third kappa shape index (κ3) is 5.49. The van der Waals surface area contributed by atoms with Crippen molar-refractivity contribution in [2.24, 2.45) is 0 Å². The molecule has 0 fully saturated rings. The average molecular weight is 182 g/mol. The summed E-state index contributed by atoms with van der Waals surface area (Å²) in [5, 5.41) is 0. The summed E-state index contributed by atoms with van der Waals surface area (Å²) < 4.78 is 0.771. The molecule has 0 aliphatic rings. The van der Waals surface area contributed by atoms with E-state index in [0.29, 0.717) is 0 Å². The van der Waals surface area contributed by atoms with Gasteiger partial charge in [-0.15, -0.1) is 11.8 Å². The summed E-state index contributed by atoms with van der Waals surface area (Å²) in [7, 11) is 0. The molecule has 0 spiro atoms. The van der Waals surface area contributed by atoms with Crippen molar-refractivity contribution in [3.05, 3.63) is 0 Å². The molecule has 0 aliphatic heterocycles. The molecule has 1 atom stereocenters. The summed E-state index contributed by atoms with van der Waals surface area (Å²) in [4.78, 5) is 0. The van der Waals surface area contributed by atoms with Crippen LogP contribution in [0.4, 0.5) is 0 Å². The van der Waals surface area contributed by atoms with Crippen LogP contribution in [0.15, 0.2) is 0 Å². The number of thioether (sulfide) groups is 2. The SMILES string of the molecule is CCSC(CCS)SC. The van der Waals surface area contributed by atoms with E-state index in [9.17, 15) is 0 Å². The lowest BCUT2D eigenvalue weighted by Gasteiger charge is -2.09. The Morgan fingerprint density at radius 2 is 2.22 bits per heavy atom. The molecule has 0 amide bonds. The fraction of sp³-hybridized carbons (Fsp3) is 1.00. The summed E-state index contributed by atoms with van der Waals surface area (Å²) >= 11 is 8.13. The number of hydrogen-bond donors (Lipinski definition) is 1. The van der Waals surface area contributed by atoms with Gasteiger partial charge in [-0.05, 0) is 24.2 Å². The first-order valence-electron chi connectivity index (χ1n) is 3.10. The Labute approximate surface area is 72.0 Å². The predicted molar refractivity (Wildman–Crippen MR) is 53.9 cm³/mol. The van der Waals surface area contributed by atoms with Crippen LogP contribution in [-0.2, 0) is 0 Å². The highest BCUT2D eigenvalue weighted by Gasteiger charge is 2.02. The average Bonchev–Trinajstić information content (AvgIpc) is 1.88. The zero-order valence-corrected chi connectivity index (χ0v) is 8.49. The molecule has 0 bridgehead atoms. The molecule has 0 aliphatic carbocycles. The highest BCUT2D eigenvalue weighted by Crippen LogP contribution is 2.24. The summed E-state index contributed by atoms with van der Waals surface area (Å²) in [6, 6.07) is 0. The van der Waals surface area contributed by atoms with Crippen molar-refractivity contribution in [1.82, 2.24) is 0 Å². The van der Waals surface area contributed by atoms with Gasteiger partial charge in [0, 0.05) is 0 Å². The van der Waals surface area contributed by atoms with Crippen molar-refractivity contribution in [3.8, 4) is 0 Å². The molecule has 0 heterocycles. The van der Waals surface area contributed by atoms with Gasteiger partial charge in [0.05, 0.1) is 4.58 Å². The quantitative estimate of drug-likeness (QED) is 0.513. The lowest BCUT2D eigenvalue weighted by Crippen LogP contribution is -1.96. The van der Waals surface area contributed by atoms with Gasteiger partial charge in [0.1, 0.15) is 0 Å². The predicted octanol–water partition coefficient (Wildman–Crippen LogP) is 2.75. The Morgan fingerprint density at radius 1 is 1.56 bits per heavy atom. The molecule has 0 radical (unpaired) electrons. The Bertz CT molecular complexity index is 50.3. The van der Waals surface area contributed by atoms with E-state index >= 15 is 0 Å². The number of rotatable bonds is 5. The Balaban J connectivity index is 3.18. The fourth-order valence-corrected chi connectivity index (χ4v) is 3.13. The summed E-state index contributed by atoms with van der Waals surface area (Å²) in [5.41, 5.74) is 0. The zero-order chi connectivity index (χ0) is 7.11. The summed E-state index contributed by atoms with van der Waals surface area (Å²) in [6.07, 6.45) is 3.39. The molecule has 0 saturated heterocycles. The smallest absolute Gasteiger partial charge is 0.0507 e. The van der Waals surface area contributed by atoms with E-state index in [1.807, 2.05) is 23.5 Å². The van der Waals surface area contributed by atoms with Crippen molar-refractivity contribution >= 4 is 36.2 Å². The second-order valence-electron chi connectivity index (χ2n) is 1.63. The van der Waals surface area contributed by atoms with Crippen LogP contribution in [0.2, 0.25) is 0 Å². The molecular formula is C6H14S3. The first-order chi connectivity index (χ1) is 4.35. The molecule has 3 heteroatoms.